The summed E-state index contributed by atoms with van der Waals surface area (Å²) in [6, 6.07) is 4.15. The molecule has 6 nitrogen and oxygen atoms in total. The van der Waals surface area contributed by atoms with E-state index in [1.807, 2.05) is 0 Å². The summed E-state index contributed by atoms with van der Waals surface area (Å²) in [6.07, 6.45) is 0. The smallest absolute Gasteiger partial charge is 0.254 e. The molecule has 6 heteroatoms. The maximum absolute atomic E-state index is 12.4. The molecule has 0 atom stereocenters. The summed E-state index contributed by atoms with van der Waals surface area (Å²) < 4.78 is 0. The van der Waals surface area contributed by atoms with Gasteiger partial charge in [-0.1, -0.05) is 0 Å². The average molecular weight is 293 g/mol. The Morgan fingerprint density at radius 2 is 1.81 bits per heavy atom. The number of nitrogens with zero attached hydrogens (tertiary/aromatic N) is 2. The van der Waals surface area contributed by atoms with Crippen LogP contribution in [0.2, 0.25) is 0 Å². The Morgan fingerprint density at radius 3 is 2.33 bits per heavy atom. The van der Waals surface area contributed by atoms with Crippen molar-refractivity contribution in [2.24, 2.45) is 5.73 Å². The number of hydrogen-bond acceptors (Lipinski definition) is 5. The van der Waals surface area contributed by atoms with Crippen molar-refractivity contribution >= 4 is 5.91 Å². The van der Waals surface area contributed by atoms with Gasteiger partial charge in [0.2, 0.25) is 0 Å². The minimum absolute atomic E-state index is 0.0635. The van der Waals surface area contributed by atoms with E-state index in [2.05, 4.69) is 18.7 Å². The van der Waals surface area contributed by atoms with E-state index in [4.69, 9.17) is 5.73 Å². The number of phenols is 2. The number of piperazine rings is 1. The van der Waals surface area contributed by atoms with Crippen LogP contribution >= 0.6 is 0 Å². The van der Waals surface area contributed by atoms with Crippen LogP contribution in [0.4, 0.5) is 0 Å². The summed E-state index contributed by atoms with van der Waals surface area (Å²) in [5.74, 6) is -0.625. The Labute approximate surface area is 124 Å². The van der Waals surface area contributed by atoms with Gasteiger partial charge in [0, 0.05) is 43.8 Å². The van der Waals surface area contributed by atoms with Crippen LogP contribution in [0.3, 0.4) is 0 Å². The van der Waals surface area contributed by atoms with Crippen molar-refractivity contribution in [2.75, 3.05) is 32.7 Å². The molecule has 1 amide bonds. The number of phenolic OH excluding ortho intramolecular Hbond substituents is 2. The van der Waals surface area contributed by atoms with E-state index >= 15 is 0 Å². The minimum Gasteiger partial charge on any atom is -0.504 e. The van der Waals surface area contributed by atoms with Crippen molar-refractivity contribution < 1.29 is 15.0 Å². The minimum atomic E-state index is -0.274. The third-order valence-corrected chi connectivity index (χ3v) is 4.14. The Balaban J connectivity index is 2.02. The zero-order valence-corrected chi connectivity index (χ0v) is 12.5. The fourth-order valence-electron chi connectivity index (χ4n) is 2.48. The number of hydrogen-bond donors (Lipinski definition) is 3. The van der Waals surface area contributed by atoms with Gasteiger partial charge in [0.25, 0.3) is 5.91 Å². The van der Waals surface area contributed by atoms with Gasteiger partial charge in [-0.05, 0) is 32.0 Å². The number of amides is 1. The second-order valence-electron chi connectivity index (χ2n) is 6.00. The topological polar surface area (TPSA) is 90.0 Å². The molecule has 21 heavy (non-hydrogen) atoms. The summed E-state index contributed by atoms with van der Waals surface area (Å²) in [5.41, 5.74) is 6.10. The van der Waals surface area contributed by atoms with Crippen LogP contribution in [-0.2, 0) is 0 Å². The normalized spacial score (nSPS) is 17.0. The van der Waals surface area contributed by atoms with Gasteiger partial charge in [-0.2, -0.15) is 0 Å². The number of carbonyl (C=O) groups is 1. The first-order chi connectivity index (χ1) is 9.85. The zero-order chi connectivity index (χ0) is 15.6. The molecule has 0 bridgehead atoms. The van der Waals surface area contributed by atoms with E-state index in [-0.39, 0.29) is 22.9 Å². The standard InChI is InChI=1S/C15H23N3O3/c1-15(2,10-16)18-7-5-17(6-8-18)14(21)11-3-4-12(19)13(20)9-11/h3-4,9,19-20H,5-8,10,16H2,1-2H3. The molecule has 1 aliphatic rings. The van der Waals surface area contributed by atoms with E-state index in [0.29, 0.717) is 25.2 Å². The lowest BCUT2D eigenvalue weighted by Crippen LogP contribution is -2.58. The summed E-state index contributed by atoms with van der Waals surface area (Å²) in [5, 5.41) is 18.8. The fraction of sp³-hybridized carbons (Fsp3) is 0.533. The number of benzene rings is 1. The average Bonchev–Trinajstić information content (AvgIpc) is 2.49. The molecular formula is C15H23N3O3. The molecule has 1 saturated heterocycles. The van der Waals surface area contributed by atoms with Crippen molar-refractivity contribution in [3.05, 3.63) is 23.8 Å². The highest BCUT2D eigenvalue weighted by Gasteiger charge is 2.30. The monoisotopic (exact) mass is 293 g/mol. The maximum Gasteiger partial charge on any atom is 0.254 e. The van der Waals surface area contributed by atoms with Gasteiger partial charge in [0.1, 0.15) is 0 Å². The van der Waals surface area contributed by atoms with Gasteiger partial charge < -0.3 is 20.8 Å². The van der Waals surface area contributed by atoms with Crippen LogP contribution in [0.15, 0.2) is 18.2 Å². The van der Waals surface area contributed by atoms with Crippen LogP contribution in [0.5, 0.6) is 11.5 Å². The molecule has 116 valence electrons. The van der Waals surface area contributed by atoms with Crippen molar-refractivity contribution in [1.29, 1.82) is 0 Å². The van der Waals surface area contributed by atoms with Gasteiger partial charge in [-0.3, -0.25) is 9.69 Å². The first kappa shape index (κ1) is 15.6. The summed E-state index contributed by atoms with van der Waals surface area (Å²) in [6.45, 7) is 7.59. The van der Waals surface area contributed by atoms with Crippen LogP contribution in [0.1, 0.15) is 24.2 Å². The first-order valence-corrected chi connectivity index (χ1v) is 7.11. The van der Waals surface area contributed by atoms with Crippen LogP contribution in [0.25, 0.3) is 0 Å². The largest absolute Gasteiger partial charge is 0.504 e. The lowest BCUT2D eigenvalue weighted by atomic mass is 10.0. The Kier molecular flexibility index (Phi) is 4.39. The second kappa shape index (κ2) is 5.91. The molecule has 1 aromatic rings. The predicted molar refractivity (Wildman–Crippen MR) is 80.4 cm³/mol. The summed E-state index contributed by atoms with van der Waals surface area (Å²) in [7, 11) is 0. The second-order valence-corrected chi connectivity index (χ2v) is 6.00. The highest BCUT2D eigenvalue weighted by Crippen LogP contribution is 2.26. The number of nitrogens with two attached hydrogens (primary N) is 1. The molecule has 1 aliphatic heterocycles. The van der Waals surface area contributed by atoms with Gasteiger partial charge in [0.15, 0.2) is 11.5 Å². The van der Waals surface area contributed by atoms with Crippen molar-refractivity contribution in [1.82, 2.24) is 9.80 Å². The van der Waals surface area contributed by atoms with Crippen LogP contribution < -0.4 is 5.73 Å². The molecule has 0 radical (unpaired) electrons. The molecule has 0 aliphatic carbocycles. The maximum atomic E-state index is 12.4. The lowest BCUT2D eigenvalue weighted by Gasteiger charge is -2.43. The molecule has 1 heterocycles. The van der Waals surface area contributed by atoms with E-state index in [1.165, 1.54) is 18.2 Å². The summed E-state index contributed by atoms with van der Waals surface area (Å²) in [4.78, 5) is 16.4. The van der Waals surface area contributed by atoms with Gasteiger partial charge >= 0.3 is 0 Å². The van der Waals surface area contributed by atoms with Crippen molar-refractivity contribution in [3.8, 4) is 11.5 Å². The van der Waals surface area contributed by atoms with Gasteiger partial charge in [0.05, 0.1) is 0 Å². The van der Waals surface area contributed by atoms with Gasteiger partial charge in [-0.25, -0.2) is 0 Å². The molecule has 0 aromatic heterocycles. The Hall–Kier alpha value is -1.79. The lowest BCUT2D eigenvalue weighted by molar-refractivity contribution is 0.0426. The first-order valence-electron chi connectivity index (χ1n) is 7.11. The summed E-state index contributed by atoms with van der Waals surface area (Å²) >= 11 is 0. The molecule has 4 N–H and O–H groups in total. The van der Waals surface area contributed by atoms with E-state index in [0.717, 1.165) is 13.1 Å². The fourth-order valence-corrected chi connectivity index (χ4v) is 2.48. The molecule has 0 saturated carbocycles. The molecule has 2 rings (SSSR count). The van der Waals surface area contributed by atoms with Crippen LogP contribution in [-0.4, -0.2) is 64.2 Å². The van der Waals surface area contributed by atoms with E-state index in [1.54, 1.807) is 4.90 Å². The number of rotatable bonds is 3. The predicted octanol–water partition coefficient (Wildman–Crippen LogP) is 0.593. The highest BCUT2D eigenvalue weighted by atomic mass is 16.3. The van der Waals surface area contributed by atoms with Crippen molar-refractivity contribution in [3.63, 3.8) is 0 Å². The molecule has 1 aromatic carbocycles. The third kappa shape index (κ3) is 3.28. The SMILES string of the molecule is CC(C)(CN)N1CCN(C(=O)c2ccc(O)c(O)c2)CC1. The Bertz CT molecular complexity index is 523. The zero-order valence-electron chi connectivity index (χ0n) is 12.5. The number of aromatic hydroxyl groups is 2. The number of carbonyl (C=O) groups excluding carboxylic acids is 1. The van der Waals surface area contributed by atoms with Gasteiger partial charge in [-0.15, -0.1) is 0 Å². The van der Waals surface area contributed by atoms with Crippen molar-refractivity contribution in [2.45, 2.75) is 19.4 Å². The third-order valence-electron chi connectivity index (χ3n) is 4.14. The van der Waals surface area contributed by atoms with E-state index in [9.17, 15) is 15.0 Å². The quantitative estimate of drug-likeness (QED) is 0.710. The Morgan fingerprint density at radius 1 is 1.19 bits per heavy atom. The molecular weight excluding hydrogens is 270 g/mol. The molecule has 0 unspecified atom stereocenters. The van der Waals surface area contributed by atoms with E-state index < -0.39 is 0 Å². The highest BCUT2D eigenvalue weighted by molar-refractivity contribution is 5.95. The molecule has 1 fully saturated rings. The molecule has 0 spiro atoms. The van der Waals surface area contributed by atoms with Crippen LogP contribution in [0, 0.1) is 0 Å².